The summed E-state index contributed by atoms with van der Waals surface area (Å²) < 4.78 is 12.9. The molecule has 0 spiro atoms. The number of ether oxygens (including phenoxy) is 1. The molecule has 0 unspecified atom stereocenters. The van der Waals surface area contributed by atoms with Crippen molar-refractivity contribution in [3.8, 4) is 16.9 Å². The minimum atomic E-state index is -0.425. The van der Waals surface area contributed by atoms with E-state index in [9.17, 15) is 4.79 Å². The Kier molecular flexibility index (Phi) is 6.46. The number of furan rings is 1. The van der Waals surface area contributed by atoms with Crippen LogP contribution in [-0.4, -0.2) is 12.2 Å². The Balaban J connectivity index is 1.40. The number of hydrogen-bond acceptors (Lipinski definition) is 4. The molecular weight excluding hydrogens is 526 g/mol. The van der Waals surface area contributed by atoms with E-state index < -0.39 is 5.97 Å². The molecule has 4 aromatic carbocycles. The van der Waals surface area contributed by atoms with Crippen LogP contribution in [0.5, 0.6) is 5.75 Å². The summed E-state index contributed by atoms with van der Waals surface area (Å²) in [5, 5.41) is 0.972. The van der Waals surface area contributed by atoms with E-state index in [0.29, 0.717) is 15.8 Å². The van der Waals surface area contributed by atoms with Crippen molar-refractivity contribution in [3.05, 3.63) is 118 Å². The minimum Gasteiger partial charge on any atom is -0.461 e. The number of carbonyl (C=O) groups excluding carboxylic acids is 1. The topological polar surface area (TPSA) is 51.8 Å². The van der Waals surface area contributed by atoms with E-state index in [1.807, 2.05) is 78.9 Å². The highest BCUT2D eigenvalue weighted by Gasteiger charge is 2.25. The van der Waals surface area contributed by atoms with Crippen molar-refractivity contribution >= 4 is 44.8 Å². The Morgan fingerprint density at radius 2 is 1.54 bits per heavy atom. The molecule has 0 amide bonds. The van der Waals surface area contributed by atoms with Crippen molar-refractivity contribution in [1.82, 2.24) is 0 Å². The van der Waals surface area contributed by atoms with E-state index in [2.05, 4.69) is 15.9 Å². The van der Waals surface area contributed by atoms with E-state index in [0.717, 1.165) is 64.8 Å². The predicted molar refractivity (Wildman–Crippen MR) is 151 cm³/mol. The average molecular weight is 550 g/mol. The highest BCUT2D eigenvalue weighted by molar-refractivity contribution is 9.10. The van der Waals surface area contributed by atoms with Gasteiger partial charge >= 0.3 is 5.97 Å². The lowest BCUT2D eigenvalue weighted by Gasteiger charge is -2.13. The van der Waals surface area contributed by atoms with Crippen LogP contribution in [0.4, 0.5) is 5.69 Å². The number of para-hydroxylation sites is 1. The molecule has 0 saturated carbocycles. The van der Waals surface area contributed by atoms with Crippen LogP contribution in [0.3, 0.4) is 0 Å². The third-order valence-corrected chi connectivity index (χ3v) is 7.30. The molecule has 1 heterocycles. The summed E-state index contributed by atoms with van der Waals surface area (Å²) in [7, 11) is 0. The van der Waals surface area contributed by atoms with Crippen LogP contribution in [0.25, 0.3) is 22.1 Å². The van der Waals surface area contributed by atoms with Crippen molar-refractivity contribution in [2.24, 2.45) is 4.99 Å². The molecule has 1 aliphatic carbocycles. The Labute approximate surface area is 223 Å². The van der Waals surface area contributed by atoms with Gasteiger partial charge in [-0.25, -0.2) is 4.79 Å². The summed E-state index contributed by atoms with van der Waals surface area (Å²) >= 11 is 3.63. The van der Waals surface area contributed by atoms with Crippen LogP contribution in [0.1, 0.15) is 40.1 Å². The summed E-state index contributed by atoms with van der Waals surface area (Å²) in [6, 6.07) is 29.2. The molecule has 0 fully saturated rings. The van der Waals surface area contributed by atoms with Gasteiger partial charge < -0.3 is 9.15 Å². The number of rotatable bonds is 5. The van der Waals surface area contributed by atoms with Gasteiger partial charge in [0.05, 0.1) is 15.7 Å². The Bertz CT molecular complexity index is 1600. The zero-order chi connectivity index (χ0) is 25.2. The van der Waals surface area contributed by atoms with Crippen molar-refractivity contribution in [2.75, 3.05) is 0 Å². The van der Waals surface area contributed by atoms with Crippen LogP contribution < -0.4 is 4.74 Å². The Morgan fingerprint density at radius 1 is 0.865 bits per heavy atom. The molecule has 0 atom stereocenters. The quantitative estimate of drug-likeness (QED) is 0.125. The fourth-order valence-corrected chi connectivity index (χ4v) is 5.37. The molecule has 5 heteroatoms. The number of hydrogen-bond donors (Lipinski definition) is 0. The summed E-state index contributed by atoms with van der Waals surface area (Å²) in [5.74, 6) is 1.03. The Hall–Kier alpha value is -3.96. The maximum absolute atomic E-state index is 13.3. The monoisotopic (exact) mass is 549 g/mol. The third-order valence-electron chi connectivity index (χ3n) is 6.71. The lowest BCUT2D eigenvalue weighted by atomic mass is 9.94. The van der Waals surface area contributed by atoms with E-state index in [1.54, 1.807) is 18.3 Å². The van der Waals surface area contributed by atoms with Crippen molar-refractivity contribution in [1.29, 1.82) is 0 Å². The average Bonchev–Trinajstić information content (AvgIpc) is 3.32. The van der Waals surface area contributed by atoms with Gasteiger partial charge in [0.15, 0.2) is 5.75 Å². The normalized spacial score (nSPS) is 13.1. The molecule has 37 heavy (non-hydrogen) atoms. The second kappa shape index (κ2) is 10.2. The van der Waals surface area contributed by atoms with Crippen molar-refractivity contribution < 1.29 is 13.9 Å². The van der Waals surface area contributed by atoms with E-state index in [-0.39, 0.29) is 0 Å². The molecule has 0 radical (unpaired) electrons. The lowest BCUT2D eigenvalue weighted by molar-refractivity contribution is 0.0733. The first kappa shape index (κ1) is 23.4. The van der Waals surface area contributed by atoms with Crippen LogP contribution in [0.15, 0.2) is 105 Å². The van der Waals surface area contributed by atoms with Gasteiger partial charge in [0.25, 0.3) is 0 Å². The first-order chi connectivity index (χ1) is 18.2. The van der Waals surface area contributed by atoms with Crippen molar-refractivity contribution in [3.63, 3.8) is 0 Å². The molecule has 0 bridgehead atoms. The summed E-state index contributed by atoms with van der Waals surface area (Å²) in [5.41, 5.74) is 6.15. The van der Waals surface area contributed by atoms with Crippen LogP contribution in [-0.2, 0) is 12.8 Å². The number of benzene rings is 4. The first-order valence-corrected chi connectivity index (χ1v) is 13.2. The van der Waals surface area contributed by atoms with Crippen LogP contribution >= 0.6 is 15.9 Å². The van der Waals surface area contributed by atoms with Gasteiger partial charge in [-0.1, -0.05) is 60.7 Å². The highest BCUT2D eigenvalue weighted by Crippen LogP contribution is 2.41. The smallest absolute Gasteiger partial charge is 0.343 e. The molecule has 0 saturated heterocycles. The lowest BCUT2D eigenvalue weighted by Crippen LogP contribution is -2.11. The van der Waals surface area contributed by atoms with Gasteiger partial charge in [0.1, 0.15) is 11.3 Å². The molecule has 5 aromatic rings. The van der Waals surface area contributed by atoms with Gasteiger partial charge in [-0.15, -0.1) is 0 Å². The number of nitrogens with zero attached hydrogens (tertiary/aromatic N) is 1. The molecule has 6 rings (SSSR count). The molecular formula is C32H24BrNO3. The minimum absolute atomic E-state index is 0.425. The summed E-state index contributed by atoms with van der Waals surface area (Å²) in [6.07, 6.45) is 5.86. The first-order valence-electron chi connectivity index (χ1n) is 12.4. The van der Waals surface area contributed by atoms with Crippen molar-refractivity contribution in [2.45, 2.75) is 25.7 Å². The van der Waals surface area contributed by atoms with Gasteiger partial charge in [-0.3, -0.25) is 4.99 Å². The standard InChI is InChI=1S/C32H24BrNO3/c33-27-19-29-30(25-13-7-8-14-28(25)36-29)26(20-34-24-11-5-2-6-12-24)31(27)37-32(35)23-17-15-22(16-18-23)21-9-3-1-4-10-21/h1-6,9-12,15-20H,7-8,13-14H2. The Morgan fingerprint density at radius 3 is 2.30 bits per heavy atom. The van der Waals surface area contributed by atoms with Crippen LogP contribution in [0.2, 0.25) is 0 Å². The van der Waals surface area contributed by atoms with E-state index >= 15 is 0 Å². The molecule has 4 nitrogen and oxygen atoms in total. The predicted octanol–water partition coefficient (Wildman–Crippen LogP) is 8.71. The maximum atomic E-state index is 13.3. The zero-order valence-corrected chi connectivity index (χ0v) is 21.7. The number of aryl methyl sites for hydroxylation is 2. The summed E-state index contributed by atoms with van der Waals surface area (Å²) in [6.45, 7) is 0. The molecule has 0 aliphatic heterocycles. The third kappa shape index (κ3) is 4.75. The zero-order valence-electron chi connectivity index (χ0n) is 20.1. The van der Waals surface area contributed by atoms with E-state index in [4.69, 9.17) is 14.1 Å². The van der Waals surface area contributed by atoms with Gasteiger partial charge in [0, 0.05) is 29.1 Å². The van der Waals surface area contributed by atoms with E-state index in [1.165, 1.54) is 5.56 Å². The molecule has 1 aromatic heterocycles. The number of carbonyl (C=O) groups is 1. The fraction of sp³-hybridized carbons (Fsp3) is 0.125. The number of esters is 1. The van der Waals surface area contributed by atoms with Gasteiger partial charge in [0.2, 0.25) is 0 Å². The molecule has 182 valence electrons. The van der Waals surface area contributed by atoms with Gasteiger partial charge in [-0.2, -0.15) is 0 Å². The molecule has 1 aliphatic rings. The maximum Gasteiger partial charge on any atom is 0.343 e. The fourth-order valence-electron chi connectivity index (χ4n) is 4.87. The number of fused-ring (bicyclic) bond motifs is 3. The SMILES string of the molecule is O=C(Oc1c(Br)cc2oc3c(c2c1C=Nc1ccccc1)CCCC3)c1ccc(-c2ccccc2)cc1. The second-order valence-electron chi connectivity index (χ2n) is 9.11. The number of aliphatic imine (C=N–C) groups is 1. The summed E-state index contributed by atoms with van der Waals surface area (Å²) in [4.78, 5) is 18.0. The largest absolute Gasteiger partial charge is 0.461 e. The second-order valence-corrected chi connectivity index (χ2v) is 9.97. The highest BCUT2D eigenvalue weighted by atomic mass is 79.9. The molecule has 0 N–H and O–H groups in total. The van der Waals surface area contributed by atoms with Gasteiger partial charge in [-0.05, 0) is 76.7 Å². The van der Waals surface area contributed by atoms with Crippen LogP contribution in [0, 0.1) is 0 Å². The number of halogens is 1.